The summed E-state index contributed by atoms with van der Waals surface area (Å²) in [4.78, 5) is 22.0. The molecule has 0 aliphatic rings. The highest BCUT2D eigenvalue weighted by atomic mass is 32.2. The molecular weight excluding hydrogens is 280 g/mol. The van der Waals surface area contributed by atoms with Crippen molar-refractivity contribution in [2.75, 3.05) is 0 Å². The molecule has 0 aliphatic carbocycles. The van der Waals surface area contributed by atoms with Crippen LogP contribution in [0, 0.1) is 0 Å². The van der Waals surface area contributed by atoms with E-state index in [0.29, 0.717) is 0 Å². The van der Waals surface area contributed by atoms with Crippen LogP contribution in [0.3, 0.4) is 0 Å². The van der Waals surface area contributed by atoms with Crippen molar-refractivity contribution in [1.29, 1.82) is 0 Å². The summed E-state index contributed by atoms with van der Waals surface area (Å²) < 4.78 is 12.4. The van der Waals surface area contributed by atoms with Crippen molar-refractivity contribution in [2.45, 2.75) is 9.79 Å². The Morgan fingerprint density at radius 1 is 0.750 bits per heavy atom. The fraction of sp³-hybridized carbons (Fsp3) is 0. The van der Waals surface area contributed by atoms with Gasteiger partial charge < -0.3 is 19.8 Å². The van der Waals surface area contributed by atoms with E-state index in [9.17, 15) is 24.0 Å². The summed E-state index contributed by atoms with van der Waals surface area (Å²) in [5, 5.41) is 22.0. The van der Waals surface area contributed by atoms with E-state index < -0.39 is 22.7 Å². The maximum absolute atomic E-state index is 12.4. The zero-order chi connectivity index (χ0) is 14.7. The molecule has 0 aromatic heterocycles. The zero-order valence-electron chi connectivity index (χ0n) is 10.1. The van der Waals surface area contributed by atoms with Gasteiger partial charge in [-0.05, 0) is 12.1 Å². The fourth-order valence-electron chi connectivity index (χ4n) is 1.71. The molecule has 0 fully saturated rings. The second-order valence-electron chi connectivity index (χ2n) is 3.84. The first-order valence-electron chi connectivity index (χ1n) is 5.55. The highest BCUT2D eigenvalue weighted by molar-refractivity contribution is 7.85. The van der Waals surface area contributed by atoms with E-state index in [0.717, 1.165) is 0 Å². The standard InChI is InChI=1S/C14H10O5S/c15-13(16)9-5-1-3-7-11(9)20(19)12-8-4-2-6-10(12)14(17)18/h1-8H,(H,15,16)(H,17,18)/p-2. The molecule has 2 aromatic carbocycles. The summed E-state index contributed by atoms with van der Waals surface area (Å²) in [6, 6.07) is 11.2. The SMILES string of the molecule is O=C([O-])c1ccccc1S(=O)c1ccccc1C(=O)[O-]. The second kappa shape index (κ2) is 5.66. The Morgan fingerprint density at radius 2 is 1.10 bits per heavy atom. The van der Waals surface area contributed by atoms with Crippen LogP contribution in [0.4, 0.5) is 0 Å². The van der Waals surface area contributed by atoms with Crippen LogP contribution in [-0.2, 0) is 10.8 Å². The molecule has 2 aromatic rings. The van der Waals surface area contributed by atoms with Gasteiger partial charge in [0.05, 0.1) is 32.5 Å². The van der Waals surface area contributed by atoms with Gasteiger partial charge in [-0.2, -0.15) is 0 Å². The fourth-order valence-corrected chi connectivity index (χ4v) is 3.06. The van der Waals surface area contributed by atoms with E-state index in [-0.39, 0.29) is 20.9 Å². The van der Waals surface area contributed by atoms with Gasteiger partial charge in [-0.1, -0.05) is 36.4 Å². The number of hydrogen-bond donors (Lipinski definition) is 0. The van der Waals surface area contributed by atoms with Gasteiger partial charge in [0.2, 0.25) is 0 Å². The Bertz CT molecular complexity index is 649. The number of hydrogen-bond acceptors (Lipinski definition) is 5. The lowest BCUT2D eigenvalue weighted by Crippen LogP contribution is -2.25. The van der Waals surface area contributed by atoms with Gasteiger partial charge in [-0.15, -0.1) is 0 Å². The Balaban J connectivity index is 2.59. The van der Waals surface area contributed by atoms with Gasteiger partial charge in [-0.25, -0.2) is 4.21 Å². The van der Waals surface area contributed by atoms with Gasteiger partial charge in [0, 0.05) is 11.1 Å². The van der Waals surface area contributed by atoms with E-state index in [4.69, 9.17) is 0 Å². The molecule has 6 heteroatoms. The number of benzene rings is 2. The van der Waals surface area contributed by atoms with Gasteiger partial charge >= 0.3 is 0 Å². The van der Waals surface area contributed by atoms with Crippen molar-refractivity contribution in [3.63, 3.8) is 0 Å². The molecule has 0 saturated carbocycles. The largest absolute Gasteiger partial charge is 0.545 e. The third kappa shape index (κ3) is 2.60. The lowest BCUT2D eigenvalue weighted by molar-refractivity contribution is -0.256. The summed E-state index contributed by atoms with van der Waals surface area (Å²) in [6.45, 7) is 0. The Hall–Kier alpha value is -2.47. The number of carboxylic acid groups (broad SMARTS) is 2. The number of carbonyl (C=O) groups is 2. The molecule has 0 aliphatic heterocycles. The monoisotopic (exact) mass is 288 g/mol. The molecular formula is C14H8O5S-2. The maximum atomic E-state index is 12.4. The van der Waals surface area contributed by atoms with E-state index in [2.05, 4.69) is 0 Å². The molecule has 5 nitrogen and oxygen atoms in total. The van der Waals surface area contributed by atoms with Gasteiger partial charge in [0.15, 0.2) is 0 Å². The Kier molecular flexibility index (Phi) is 3.95. The smallest absolute Gasteiger partial charge is 0.0863 e. The molecule has 0 saturated heterocycles. The predicted octanol–water partition coefficient (Wildman–Crippen LogP) is -0.420. The van der Waals surface area contributed by atoms with E-state index in [1.54, 1.807) is 0 Å². The highest BCUT2D eigenvalue weighted by Crippen LogP contribution is 2.22. The molecule has 0 atom stereocenters. The second-order valence-corrected chi connectivity index (χ2v) is 5.25. The normalized spacial score (nSPS) is 10.4. The van der Waals surface area contributed by atoms with Crippen LogP contribution < -0.4 is 10.2 Å². The van der Waals surface area contributed by atoms with E-state index in [1.807, 2.05) is 0 Å². The first-order chi connectivity index (χ1) is 9.52. The van der Waals surface area contributed by atoms with Crippen molar-refractivity contribution < 1.29 is 24.0 Å². The molecule has 0 unspecified atom stereocenters. The Morgan fingerprint density at radius 3 is 1.45 bits per heavy atom. The van der Waals surface area contributed by atoms with Crippen LogP contribution in [-0.4, -0.2) is 16.1 Å². The van der Waals surface area contributed by atoms with Crippen molar-refractivity contribution in [1.82, 2.24) is 0 Å². The topological polar surface area (TPSA) is 97.3 Å². The number of carboxylic acids is 2. The zero-order valence-corrected chi connectivity index (χ0v) is 10.9. The maximum Gasteiger partial charge on any atom is 0.0863 e. The van der Waals surface area contributed by atoms with Gasteiger partial charge in [0.1, 0.15) is 0 Å². The number of rotatable bonds is 4. The number of carbonyl (C=O) groups excluding carboxylic acids is 2. The first kappa shape index (κ1) is 14.0. The first-order valence-corrected chi connectivity index (χ1v) is 6.70. The van der Waals surface area contributed by atoms with Crippen LogP contribution in [0.25, 0.3) is 0 Å². The molecule has 102 valence electrons. The third-order valence-electron chi connectivity index (χ3n) is 2.61. The highest BCUT2D eigenvalue weighted by Gasteiger charge is 2.15. The average Bonchev–Trinajstić information content (AvgIpc) is 2.46. The minimum Gasteiger partial charge on any atom is -0.545 e. The third-order valence-corrected chi connectivity index (χ3v) is 4.12. The van der Waals surface area contributed by atoms with Crippen LogP contribution in [0.15, 0.2) is 58.3 Å². The summed E-state index contributed by atoms with van der Waals surface area (Å²) in [6.07, 6.45) is 0. The van der Waals surface area contributed by atoms with Crippen molar-refractivity contribution in [2.24, 2.45) is 0 Å². The Labute approximate surface area is 117 Å². The van der Waals surface area contributed by atoms with Gasteiger partial charge in [-0.3, -0.25) is 0 Å². The number of aromatic carboxylic acids is 2. The summed E-state index contributed by atoms with van der Waals surface area (Å²) in [7, 11) is -1.95. The van der Waals surface area contributed by atoms with E-state index in [1.165, 1.54) is 48.5 Å². The molecule has 0 heterocycles. The summed E-state index contributed by atoms with van der Waals surface area (Å²) in [5.41, 5.74) is -0.474. The molecule has 20 heavy (non-hydrogen) atoms. The van der Waals surface area contributed by atoms with Crippen molar-refractivity contribution in [3.8, 4) is 0 Å². The molecule has 0 bridgehead atoms. The quantitative estimate of drug-likeness (QED) is 0.761. The molecule has 0 radical (unpaired) electrons. The van der Waals surface area contributed by atoms with Crippen LogP contribution in [0.1, 0.15) is 20.7 Å². The summed E-state index contributed by atoms with van der Waals surface area (Å²) in [5.74, 6) is -2.94. The van der Waals surface area contributed by atoms with Crippen molar-refractivity contribution >= 4 is 22.7 Å². The predicted molar refractivity (Wildman–Crippen MR) is 66.2 cm³/mol. The van der Waals surface area contributed by atoms with Gasteiger partial charge in [0.25, 0.3) is 0 Å². The van der Waals surface area contributed by atoms with Crippen LogP contribution in [0.2, 0.25) is 0 Å². The molecule has 0 N–H and O–H groups in total. The van der Waals surface area contributed by atoms with Crippen molar-refractivity contribution in [3.05, 3.63) is 59.7 Å². The van der Waals surface area contributed by atoms with Crippen LogP contribution >= 0.6 is 0 Å². The lowest BCUT2D eigenvalue weighted by atomic mass is 10.2. The molecule has 0 amide bonds. The molecule has 2 rings (SSSR count). The minimum absolute atomic E-state index is 0.0128. The summed E-state index contributed by atoms with van der Waals surface area (Å²) >= 11 is 0. The lowest BCUT2D eigenvalue weighted by Gasteiger charge is -2.13. The average molecular weight is 288 g/mol. The van der Waals surface area contributed by atoms with Crippen LogP contribution in [0.5, 0.6) is 0 Å². The van der Waals surface area contributed by atoms with E-state index >= 15 is 0 Å². The minimum atomic E-state index is -1.95. The molecule has 0 spiro atoms.